The fraction of sp³-hybridized carbons (Fsp3) is 0.286. The molecule has 0 bridgehead atoms. The second-order valence-electron chi connectivity index (χ2n) is 6.89. The van der Waals surface area contributed by atoms with Gasteiger partial charge in [-0.1, -0.05) is 35.9 Å². The van der Waals surface area contributed by atoms with Crippen LogP contribution in [0, 0.1) is 20.8 Å². The van der Waals surface area contributed by atoms with Crippen LogP contribution in [0.4, 0.5) is 5.69 Å². The first-order valence-electron chi connectivity index (χ1n) is 8.92. The van der Waals surface area contributed by atoms with E-state index < -0.39 is 23.3 Å². The summed E-state index contributed by atoms with van der Waals surface area (Å²) < 4.78 is 30.6. The van der Waals surface area contributed by atoms with Gasteiger partial charge in [-0.2, -0.15) is 0 Å². The molecule has 1 unspecified atom stereocenters. The normalized spacial score (nSPS) is 13.3. The molecule has 28 heavy (non-hydrogen) atoms. The Morgan fingerprint density at radius 2 is 1.86 bits per heavy atom. The van der Waals surface area contributed by atoms with Crippen LogP contribution in [0.15, 0.2) is 42.6 Å². The molecule has 2 aromatic carbocycles. The summed E-state index contributed by atoms with van der Waals surface area (Å²) in [5.41, 5.74) is 4.89. The zero-order valence-corrected chi connectivity index (χ0v) is 17.1. The first-order chi connectivity index (χ1) is 13.3. The number of carbonyl (C=O) groups excluding carboxylic acids is 1. The van der Waals surface area contributed by atoms with E-state index in [1.165, 1.54) is 7.11 Å². The third kappa shape index (κ3) is 3.81. The zero-order valence-electron chi connectivity index (χ0n) is 16.3. The number of benzene rings is 2. The second-order valence-corrected chi connectivity index (χ2v) is 7.72. The molecule has 0 aliphatic carbocycles. The third-order valence-corrected chi connectivity index (χ3v) is 5.62. The van der Waals surface area contributed by atoms with Crippen LogP contribution >= 0.6 is 0 Å². The molecular weight excluding hydrogens is 376 g/mol. The number of aryl methyl sites for hydroxylation is 3. The molecule has 1 N–H and O–H groups in total. The highest BCUT2D eigenvalue weighted by Crippen LogP contribution is 2.31. The Kier molecular flexibility index (Phi) is 5.86. The molecule has 3 aromatic rings. The highest BCUT2D eigenvalue weighted by atomic mass is 32.2. The Bertz CT molecular complexity index is 1020. The van der Waals surface area contributed by atoms with E-state index in [-0.39, 0.29) is 6.42 Å². The van der Waals surface area contributed by atoms with Gasteiger partial charge in [0.05, 0.1) is 12.8 Å². The van der Waals surface area contributed by atoms with Crippen LogP contribution in [-0.4, -0.2) is 32.9 Å². The fourth-order valence-corrected chi connectivity index (χ4v) is 4.57. The summed E-state index contributed by atoms with van der Waals surface area (Å²) >= 11 is -2.66. The van der Waals surface area contributed by atoms with Gasteiger partial charge in [0.1, 0.15) is 6.04 Å². The minimum Gasteiger partial charge on any atom is -0.755 e. The fourth-order valence-electron chi connectivity index (χ4n) is 3.76. The molecular formula is C21H23N2O4S-. The van der Waals surface area contributed by atoms with E-state index in [1.54, 1.807) is 6.20 Å². The monoisotopic (exact) mass is 399 g/mol. The molecule has 2 atom stereocenters. The number of hydrogen-bond donors (Lipinski definition) is 1. The van der Waals surface area contributed by atoms with Crippen molar-refractivity contribution in [3.8, 4) is 0 Å². The summed E-state index contributed by atoms with van der Waals surface area (Å²) in [6.07, 6.45) is 2.00. The van der Waals surface area contributed by atoms with Gasteiger partial charge in [-0.05, 0) is 43.5 Å². The van der Waals surface area contributed by atoms with Crippen molar-refractivity contribution in [3.05, 3.63) is 64.8 Å². The number of fused-ring (bicyclic) bond motifs is 1. The molecule has 0 amide bonds. The molecule has 0 fully saturated rings. The van der Waals surface area contributed by atoms with Crippen molar-refractivity contribution in [2.45, 2.75) is 33.2 Å². The van der Waals surface area contributed by atoms with E-state index in [0.717, 1.165) is 37.5 Å². The predicted octanol–water partition coefficient (Wildman–Crippen LogP) is 3.48. The highest BCUT2D eigenvalue weighted by Gasteiger charge is 2.31. The maximum Gasteiger partial charge on any atom is 0.329 e. The van der Waals surface area contributed by atoms with E-state index in [4.69, 9.17) is 4.74 Å². The van der Waals surface area contributed by atoms with Crippen molar-refractivity contribution >= 4 is 33.8 Å². The van der Waals surface area contributed by atoms with Crippen LogP contribution in [0.5, 0.6) is 0 Å². The van der Waals surface area contributed by atoms with Crippen molar-refractivity contribution in [1.29, 1.82) is 0 Å². The van der Waals surface area contributed by atoms with Crippen LogP contribution < -0.4 is 4.31 Å². The predicted molar refractivity (Wildman–Crippen MR) is 110 cm³/mol. The first kappa shape index (κ1) is 20.1. The summed E-state index contributed by atoms with van der Waals surface area (Å²) in [7, 11) is 1.27. The minimum absolute atomic E-state index is 0.192. The Morgan fingerprint density at radius 3 is 2.46 bits per heavy atom. The number of methoxy groups -OCH3 is 1. The van der Waals surface area contributed by atoms with Gasteiger partial charge in [-0.3, -0.25) is 8.51 Å². The van der Waals surface area contributed by atoms with Gasteiger partial charge >= 0.3 is 5.97 Å². The Hall–Kier alpha value is -2.64. The third-order valence-electron chi connectivity index (χ3n) is 4.86. The largest absolute Gasteiger partial charge is 0.755 e. The lowest BCUT2D eigenvalue weighted by atomic mass is 10.0. The van der Waals surface area contributed by atoms with Gasteiger partial charge in [0.15, 0.2) is 0 Å². The lowest BCUT2D eigenvalue weighted by Gasteiger charge is -2.35. The van der Waals surface area contributed by atoms with Crippen LogP contribution in [0.3, 0.4) is 0 Å². The minimum atomic E-state index is -2.66. The van der Waals surface area contributed by atoms with E-state index >= 15 is 0 Å². The average molecular weight is 399 g/mol. The number of aromatic nitrogens is 1. The molecule has 0 radical (unpaired) electrons. The van der Waals surface area contributed by atoms with E-state index in [9.17, 15) is 13.6 Å². The molecule has 148 valence electrons. The molecule has 0 aliphatic rings. The summed E-state index contributed by atoms with van der Waals surface area (Å²) in [5, 5.41) is 0.949. The SMILES string of the molecule is COC(=O)[C@@H](Cc1c[nH]c2ccccc12)N(c1c(C)cc(C)cc1C)S(=O)[O-]. The summed E-state index contributed by atoms with van der Waals surface area (Å²) in [6.45, 7) is 5.64. The van der Waals surface area contributed by atoms with Crippen LogP contribution in [0.2, 0.25) is 0 Å². The molecule has 6 nitrogen and oxygen atoms in total. The number of ether oxygens (including phenoxy) is 1. The lowest BCUT2D eigenvalue weighted by Crippen LogP contribution is -2.45. The molecule has 0 saturated carbocycles. The molecule has 1 aromatic heterocycles. The number of carbonyl (C=O) groups is 1. The van der Waals surface area contributed by atoms with Crippen molar-refractivity contribution in [3.63, 3.8) is 0 Å². The molecule has 0 spiro atoms. The summed E-state index contributed by atoms with van der Waals surface area (Å²) in [4.78, 5) is 15.8. The van der Waals surface area contributed by atoms with Crippen LogP contribution in [0.1, 0.15) is 22.3 Å². The number of aromatic amines is 1. The lowest BCUT2D eigenvalue weighted by molar-refractivity contribution is -0.141. The number of nitrogens with one attached hydrogen (secondary N) is 1. The van der Waals surface area contributed by atoms with Crippen molar-refractivity contribution in [1.82, 2.24) is 4.98 Å². The molecule has 3 rings (SSSR count). The quantitative estimate of drug-likeness (QED) is 0.508. The number of nitrogens with zero attached hydrogens (tertiary/aromatic N) is 1. The summed E-state index contributed by atoms with van der Waals surface area (Å²) in [5.74, 6) is -0.603. The van der Waals surface area contributed by atoms with Gasteiger partial charge in [0.25, 0.3) is 0 Å². The number of H-pyrrole nitrogens is 1. The van der Waals surface area contributed by atoms with Gasteiger partial charge in [-0.25, -0.2) is 4.79 Å². The van der Waals surface area contributed by atoms with Gasteiger partial charge in [-0.15, -0.1) is 0 Å². The maximum atomic E-state index is 12.6. The van der Waals surface area contributed by atoms with E-state index in [0.29, 0.717) is 5.69 Å². The topological polar surface area (TPSA) is 85.5 Å². The van der Waals surface area contributed by atoms with Gasteiger partial charge in [0, 0.05) is 34.8 Å². The molecule has 1 heterocycles. The van der Waals surface area contributed by atoms with Crippen LogP contribution in [-0.2, 0) is 27.2 Å². The van der Waals surface area contributed by atoms with Crippen LogP contribution in [0.25, 0.3) is 10.9 Å². The molecule has 0 aliphatic heterocycles. The summed E-state index contributed by atoms with van der Waals surface area (Å²) in [6, 6.07) is 10.5. The first-order valence-corrected chi connectivity index (χ1v) is 9.96. The van der Waals surface area contributed by atoms with Crippen molar-refractivity contribution in [2.75, 3.05) is 11.4 Å². The number of hydrogen-bond acceptors (Lipinski definition) is 4. The highest BCUT2D eigenvalue weighted by molar-refractivity contribution is 7.80. The number of anilines is 1. The van der Waals surface area contributed by atoms with E-state index in [1.807, 2.05) is 57.2 Å². The Labute approximate surface area is 166 Å². The van der Waals surface area contributed by atoms with Crippen molar-refractivity contribution in [2.24, 2.45) is 0 Å². The number of rotatable bonds is 6. The number of esters is 1. The standard InChI is InChI=1S/C21H24N2O4S/c1-13-9-14(2)20(15(3)10-13)23(28(25)26)19(21(24)27-4)11-16-12-22-18-8-6-5-7-17(16)18/h5-10,12,19,22H,11H2,1-4H3,(H,25,26)/p-1/t19-/m1/s1. The van der Waals surface area contributed by atoms with Crippen molar-refractivity contribution < 1.29 is 18.3 Å². The Morgan fingerprint density at radius 1 is 1.21 bits per heavy atom. The zero-order chi connectivity index (χ0) is 20.4. The average Bonchev–Trinajstić information content (AvgIpc) is 3.05. The number of para-hydroxylation sites is 1. The smallest absolute Gasteiger partial charge is 0.329 e. The van der Waals surface area contributed by atoms with Gasteiger partial charge in [0.2, 0.25) is 0 Å². The molecule has 7 heteroatoms. The van der Waals surface area contributed by atoms with E-state index in [2.05, 4.69) is 4.98 Å². The maximum absolute atomic E-state index is 12.6. The van der Waals surface area contributed by atoms with Gasteiger partial charge < -0.3 is 14.3 Å². The second kappa shape index (κ2) is 8.16. The molecule has 0 saturated heterocycles. The Balaban J connectivity index is 2.11.